The van der Waals surface area contributed by atoms with Gasteiger partial charge < -0.3 is 4.42 Å². The summed E-state index contributed by atoms with van der Waals surface area (Å²) < 4.78 is 5.45. The van der Waals surface area contributed by atoms with Gasteiger partial charge in [-0.05, 0) is 18.2 Å². The third kappa shape index (κ3) is 2.35. The smallest absolute Gasteiger partial charge is 0.270 e. The lowest BCUT2D eigenvalue weighted by Gasteiger charge is -2.11. The molecule has 0 unspecified atom stereocenters. The zero-order valence-electron chi connectivity index (χ0n) is 13.2. The third-order valence-corrected chi connectivity index (χ3v) is 4.17. The van der Waals surface area contributed by atoms with Crippen molar-refractivity contribution in [1.29, 1.82) is 0 Å². The van der Waals surface area contributed by atoms with Crippen molar-refractivity contribution in [3.05, 3.63) is 75.5 Å². The maximum atomic E-state index is 12.4. The number of nitrogens with zero attached hydrogens (tertiary/aromatic N) is 2. The second-order valence-electron chi connectivity index (χ2n) is 5.76. The zero-order chi connectivity index (χ0) is 18.4. The SMILES string of the molecule is O=C(CN1C(=O)c2ccc([N+](=O)[O-])cc2C1=O)c1cc2ccccc2o1. The van der Waals surface area contributed by atoms with Crippen LogP contribution in [0.15, 0.2) is 52.9 Å². The summed E-state index contributed by atoms with van der Waals surface area (Å²) in [5.41, 5.74) is 0.184. The van der Waals surface area contributed by atoms with E-state index in [-0.39, 0.29) is 22.6 Å². The molecule has 0 aliphatic carbocycles. The van der Waals surface area contributed by atoms with Crippen LogP contribution in [0.4, 0.5) is 5.69 Å². The van der Waals surface area contributed by atoms with E-state index in [4.69, 9.17) is 4.42 Å². The molecule has 8 heteroatoms. The van der Waals surface area contributed by atoms with Gasteiger partial charge in [-0.1, -0.05) is 18.2 Å². The van der Waals surface area contributed by atoms with E-state index in [1.54, 1.807) is 30.3 Å². The number of amides is 2. The maximum absolute atomic E-state index is 12.4. The average molecular weight is 350 g/mol. The highest BCUT2D eigenvalue weighted by Crippen LogP contribution is 2.27. The molecule has 0 saturated carbocycles. The van der Waals surface area contributed by atoms with Gasteiger partial charge in [0, 0.05) is 17.5 Å². The van der Waals surface area contributed by atoms with Gasteiger partial charge in [0.2, 0.25) is 5.78 Å². The highest BCUT2D eigenvalue weighted by molar-refractivity contribution is 6.23. The highest BCUT2D eigenvalue weighted by Gasteiger charge is 2.38. The van der Waals surface area contributed by atoms with Gasteiger partial charge in [-0.25, -0.2) is 0 Å². The van der Waals surface area contributed by atoms with Gasteiger partial charge >= 0.3 is 0 Å². The lowest BCUT2D eigenvalue weighted by molar-refractivity contribution is -0.384. The molecule has 0 fully saturated rings. The number of nitro benzene ring substituents is 1. The minimum atomic E-state index is -0.738. The van der Waals surface area contributed by atoms with Crippen molar-refractivity contribution in [3.8, 4) is 0 Å². The number of carbonyl (C=O) groups excluding carboxylic acids is 3. The van der Waals surface area contributed by atoms with Crippen molar-refractivity contribution in [1.82, 2.24) is 4.90 Å². The van der Waals surface area contributed by atoms with E-state index in [0.29, 0.717) is 5.58 Å². The minimum absolute atomic E-state index is 0.0359. The van der Waals surface area contributed by atoms with E-state index < -0.39 is 29.1 Å². The summed E-state index contributed by atoms with van der Waals surface area (Å²) in [6.07, 6.45) is 0. The number of furan rings is 1. The highest BCUT2D eigenvalue weighted by atomic mass is 16.6. The molecule has 3 aromatic rings. The molecule has 1 aliphatic rings. The molecular weight excluding hydrogens is 340 g/mol. The van der Waals surface area contributed by atoms with Gasteiger partial charge in [0.05, 0.1) is 22.6 Å². The summed E-state index contributed by atoms with van der Waals surface area (Å²) >= 11 is 0. The summed E-state index contributed by atoms with van der Waals surface area (Å²) in [4.78, 5) is 48.2. The predicted molar refractivity (Wildman–Crippen MR) is 89.0 cm³/mol. The van der Waals surface area contributed by atoms with Crippen molar-refractivity contribution in [3.63, 3.8) is 0 Å². The van der Waals surface area contributed by atoms with Crippen molar-refractivity contribution >= 4 is 34.3 Å². The summed E-state index contributed by atoms with van der Waals surface area (Å²) in [6.45, 7) is -0.500. The van der Waals surface area contributed by atoms with Crippen LogP contribution in [0.1, 0.15) is 31.3 Å². The second kappa shape index (κ2) is 5.62. The van der Waals surface area contributed by atoms with Crippen LogP contribution in [-0.4, -0.2) is 34.0 Å². The Labute approximate surface area is 145 Å². The second-order valence-corrected chi connectivity index (χ2v) is 5.76. The fourth-order valence-electron chi connectivity index (χ4n) is 2.88. The van der Waals surface area contributed by atoms with Gasteiger partial charge in [0.25, 0.3) is 17.5 Å². The van der Waals surface area contributed by atoms with Crippen LogP contribution in [0, 0.1) is 10.1 Å². The molecule has 2 aromatic carbocycles. The van der Waals surface area contributed by atoms with Crippen LogP contribution in [0.25, 0.3) is 11.0 Å². The summed E-state index contributed by atoms with van der Waals surface area (Å²) in [6, 6.07) is 12.0. The molecule has 26 heavy (non-hydrogen) atoms. The van der Waals surface area contributed by atoms with E-state index in [1.165, 1.54) is 6.07 Å². The largest absolute Gasteiger partial charge is 0.453 e. The standard InChI is InChI=1S/C18H10N2O6/c21-14(16-7-10-3-1-2-4-15(10)26-16)9-19-17(22)12-6-5-11(20(24)25)8-13(12)18(19)23/h1-8H,9H2. The van der Waals surface area contributed by atoms with Crippen LogP contribution in [0.2, 0.25) is 0 Å². The van der Waals surface area contributed by atoms with E-state index in [0.717, 1.165) is 22.4 Å². The molecule has 0 bridgehead atoms. The fourth-order valence-corrected chi connectivity index (χ4v) is 2.88. The van der Waals surface area contributed by atoms with Crippen LogP contribution >= 0.6 is 0 Å². The van der Waals surface area contributed by atoms with Crippen LogP contribution in [0.5, 0.6) is 0 Å². The molecule has 128 valence electrons. The number of carbonyl (C=O) groups is 3. The maximum Gasteiger partial charge on any atom is 0.270 e. The quantitative estimate of drug-likeness (QED) is 0.310. The average Bonchev–Trinajstić information content (AvgIpc) is 3.17. The molecule has 8 nitrogen and oxygen atoms in total. The first-order chi connectivity index (χ1) is 12.5. The Morgan fingerprint density at radius 1 is 1.04 bits per heavy atom. The zero-order valence-corrected chi connectivity index (χ0v) is 13.2. The number of non-ortho nitro benzene ring substituents is 1. The Balaban J connectivity index is 1.62. The van der Waals surface area contributed by atoms with Crippen molar-refractivity contribution in [2.45, 2.75) is 0 Å². The van der Waals surface area contributed by atoms with Gasteiger partial charge in [0.1, 0.15) is 5.58 Å². The molecule has 0 saturated heterocycles. The predicted octanol–water partition coefficient (Wildman–Crippen LogP) is 2.82. The Morgan fingerprint density at radius 3 is 2.50 bits per heavy atom. The lowest BCUT2D eigenvalue weighted by Crippen LogP contribution is -2.34. The van der Waals surface area contributed by atoms with Gasteiger partial charge in [0.15, 0.2) is 5.76 Å². The molecule has 2 heterocycles. The number of benzene rings is 2. The number of hydrogen-bond acceptors (Lipinski definition) is 6. The van der Waals surface area contributed by atoms with E-state index in [9.17, 15) is 24.5 Å². The Hall–Kier alpha value is -3.81. The van der Waals surface area contributed by atoms with Gasteiger partial charge in [-0.15, -0.1) is 0 Å². The molecule has 2 amide bonds. The number of fused-ring (bicyclic) bond motifs is 2. The molecular formula is C18H10N2O6. The number of ketones is 1. The van der Waals surface area contributed by atoms with Crippen LogP contribution in [0.3, 0.4) is 0 Å². The van der Waals surface area contributed by atoms with Crippen molar-refractivity contribution in [2.75, 3.05) is 6.54 Å². The normalized spacial score (nSPS) is 13.3. The van der Waals surface area contributed by atoms with Gasteiger partial charge in [-0.2, -0.15) is 0 Å². The topological polar surface area (TPSA) is 111 Å². The van der Waals surface area contributed by atoms with E-state index in [1.807, 2.05) is 0 Å². The summed E-state index contributed by atoms with van der Waals surface area (Å²) in [5, 5.41) is 11.6. The Bertz CT molecular complexity index is 1080. The number of hydrogen-bond donors (Lipinski definition) is 0. The Morgan fingerprint density at radius 2 is 1.77 bits per heavy atom. The van der Waals surface area contributed by atoms with Crippen LogP contribution in [-0.2, 0) is 0 Å². The monoisotopic (exact) mass is 350 g/mol. The molecule has 1 aliphatic heterocycles. The minimum Gasteiger partial charge on any atom is -0.453 e. The first-order valence-corrected chi connectivity index (χ1v) is 7.62. The Kier molecular flexibility index (Phi) is 3.40. The van der Waals surface area contributed by atoms with Crippen molar-refractivity contribution in [2.24, 2.45) is 0 Å². The fraction of sp³-hybridized carbons (Fsp3) is 0.0556. The molecule has 0 radical (unpaired) electrons. The molecule has 1 aromatic heterocycles. The third-order valence-electron chi connectivity index (χ3n) is 4.17. The lowest BCUT2D eigenvalue weighted by atomic mass is 10.1. The molecule has 0 atom stereocenters. The number of rotatable bonds is 4. The first-order valence-electron chi connectivity index (χ1n) is 7.62. The number of nitro groups is 1. The summed E-state index contributed by atoms with van der Waals surface area (Å²) in [7, 11) is 0. The van der Waals surface area contributed by atoms with Crippen molar-refractivity contribution < 1.29 is 23.7 Å². The molecule has 0 N–H and O–H groups in total. The summed E-state index contributed by atoms with van der Waals surface area (Å²) in [5.74, 6) is -1.90. The van der Waals surface area contributed by atoms with Crippen LogP contribution < -0.4 is 0 Å². The molecule has 4 rings (SSSR count). The number of para-hydroxylation sites is 1. The first kappa shape index (κ1) is 15.7. The van der Waals surface area contributed by atoms with E-state index >= 15 is 0 Å². The van der Waals surface area contributed by atoms with Gasteiger partial charge in [-0.3, -0.25) is 29.4 Å². The number of imide groups is 1. The molecule has 0 spiro atoms. The van der Waals surface area contributed by atoms with E-state index in [2.05, 4.69) is 0 Å². The number of Topliss-reactive ketones (excluding diaryl/α,β-unsaturated/α-hetero) is 1.